The Morgan fingerprint density at radius 2 is 2.00 bits per heavy atom. The van der Waals surface area contributed by atoms with E-state index in [0.29, 0.717) is 11.3 Å². The minimum Gasteiger partial charge on any atom is -0.496 e. The van der Waals surface area contributed by atoms with Crippen molar-refractivity contribution in [2.24, 2.45) is 12.8 Å². The first-order valence-corrected chi connectivity index (χ1v) is 6.10. The van der Waals surface area contributed by atoms with Gasteiger partial charge in [0.2, 0.25) is 0 Å². The van der Waals surface area contributed by atoms with Gasteiger partial charge in [0.1, 0.15) is 5.75 Å². The van der Waals surface area contributed by atoms with Crippen LogP contribution in [0.3, 0.4) is 0 Å². The second-order valence-corrected chi connectivity index (χ2v) is 4.60. The van der Waals surface area contributed by atoms with Gasteiger partial charge in [-0.2, -0.15) is 0 Å². The minimum atomic E-state index is -0.491. The SMILES string of the molecule is COc1ccc(C)cc1C(N)c1cccn(C)c1=O. The highest BCUT2D eigenvalue weighted by Gasteiger charge is 2.17. The summed E-state index contributed by atoms with van der Waals surface area (Å²) in [6.45, 7) is 1.98. The third-order valence-electron chi connectivity index (χ3n) is 3.21. The van der Waals surface area contributed by atoms with Gasteiger partial charge in [0.05, 0.1) is 13.2 Å². The first-order chi connectivity index (χ1) is 9.04. The lowest BCUT2D eigenvalue weighted by molar-refractivity contribution is 0.407. The Balaban J connectivity index is 2.55. The summed E-state index contributed by atoms with van der Waals surface area (Å²) < 4.78 is 6.85. The van der Waals surface area contributed by atoms with Gasteiger partial charge in [-0.15, -0.1) is 0 Å². The highest BCUT2D eigenvalue weighted by Crippen LogP contribution is 2.27. The average molecular weight is 258 g/mol. The number of aromatic nitrogens is 1. The van der Waals surface area contributed by atoms with Crippen LogP contribution in [0.5, 0.6) is 5.75 Å². The van der Waals surface area contributed by atoms with Gasteiger partial charge in [-0.05, 0) is 19.1 Å². The molecule has 4 heteroatoms. The van der Waals surface area contributed by atoms with Gasteiger partial charge in [0.25, 0.3) is 5.56 Å². The zero-order valence-corrected chi connectivity index (χ0v) is 11.4. The molecule has 0 bridgehead atoms. The Labute approximate surface area is 112 Å². The molecule has 0 saturated carbocycles. The summed E-state index contributed by atoms with van der Waals surface area (Å²) in [5.41, 5.74) is 8.62. The molecule has 19 heavy (non-hydrogen) atoms. The first kappa shape index (κ1) is 13.4. The van der Waals surface area contributed by atoms with Crippen LogP contribution in [0.25, 0.3) is 0 Å². The smallest absolute Gasteiger partial charge is 0.255 e. The molecule has 0 aliphatic heterocycles. The van der Waals surface area contributed by atoms with Crippen LogP contribution in [0.4, 0.5) is 0 Å². The van der Waals surface area contributed by atoms with Crippen LogP contribution >= 0.6 is 0 Å². The molecule has 1 unspecified atom stereocenters. The fourth-order valence-corrected chi connectivity index (χ4v) is 2.12. The van der Waals surface area contributed by atoms with Crippen molar-refractivity contribution in [2.75, 3.05) is 7.11 Å². The summed E-state index contributed by atoms with van der Waals surface area (Å²) in [7, 11) is 3.32. The van der Waals surface area contributed by atoms with Crippen molar-refractivity contribution in [3.05, 3.63) is 63.6 Å². The Hall–Kier alpha value is -2.07. The second-order valence-electron chi connectivity index (χ2n) is 4.60. The molecule has 0 fully saturated rings. The number of methoxy groups -OCH3 is 1. The maximum atomic E-state index is 12.1. The molecule has 1 aromatic carbocycles. The largest absolute Gasteiger partial charge is 0.496 e. The van der Waals surface area contributed by atoms with Crippen LogP contribution in [-0.4, -0.2) is 11.7 Å². The first-order valence-electron chi connectivity index (χ1n) is 6.10. The van der Waals surface area contributed by atoms with E-state index < -0.39 is 6.04 Å². The van der Waals surface area contributed by atoms with Gasteiger partial charge in [-0.3, -0.25) is 4.79 Å². The van der Waals surface area contributed by atoms with Gasteiger partial charge in [-0.1, -0.05) is 23.8 Å². The Kier molecular flexibility index (Phi) is 3.71. The van der Waals surface area contributed by atoms with E-state index in [1.807, 2.05) is 31.2 Å². The highest BCUT2D eigenvalue weighted by atomic mass is 16.5. The van der Waals surface area contributed by atoms with Crippen LogP contribution in [0, 0.1) is 6.92 Å². The molecule has 2 rings (SSSR count). The van der Waals surface area contributed by atoms with E-state index >= 15 is 0 Å². The molecule has 0 amide bonds. The van der Waals surface area contributed by atoms with Crippen molar-refractivity contribution in [3.8, 4) is 5.75 Å². The van der Waals surface area contributed by atoms with Gasteiger partial charge in [0.15, 0.2) is 0 Å². The summed E-state index contributed by atoms with van der Waals surface area (Å²) in [5, 5.41) is 0. The highest BCUT2D eigenvalue weighted by molar-refractivity contribution is 5.43. The number of aryl methyl sites for hydroxylation is 2. The number of pyridine rings is 1. The van der Waals surface area contributed by atoms with Gasteiger partial charge >= 0.3 is 0 Å². The number of hydrogen-bond donors (Lipinski definition) is 1. The Morgan fingerprint density at radius 1 is 1.26 bits per heavy atom. The number of hydrogen-bond acceptors (Lipinski definition) is 3. The number of nitrogens with two attached hydrogens (primary N) is 1. The fraction of sp³-hybridized carbons (Fsp3) is 0.267. The van der Waals surface area contributed by atoms with E-state index in [-0.39, 0.29) is 5.56 Å². The quantitative estimate of drug-likeness (QED) is 0.912. The molecule has 1 aromatic heterocycles. The molecule has 1 heterocycles. The standard InChI is InChI=1S/C15H18N2O2/c1-10-6-7-13(19-3)12(9-10)14(16)11-5-4-8-17(2)15(11)18/h4-9,14H,16H2,1-3H3. The van der Waals surface area contributed by atoms with E-state index in [4.69, 9.17) is 10.5 Å². The molecule has 4 nitrogen and oxygen atoms in total. The van der Waals surface area contributed by atoms with E-state index in [0.717, 1.165) is 11.1 Å². The summed E-state index contributed by atoms with van der Waals surface area (Å²) in [4.78, 5) is 12.1. The van der Waals surface area contributed by atoms with E-state index in [9.17, 15) is 4.79 Å². The Morgan fingerprint density at radius 3 is 2.68 bits per heavy atom. The lowest BCUT2D eigenvalue weighted by atomic mass is 9.98. The zero-order chi connectivity index (χ0) is 14.0. The molecule has 2 aromatic rings. The molecule has 0 spiro atoms. The summed E-state index contributed by atoms with van der Waals surface area (Å²) >= 11 is 0. The third-order valence-corrected chi connectivity index (χ3v) is 3.21. The minimum absolute atomic E-state index is 0.0847. The van der Waals surface area contributed by atoms with Crippen molar-refractivity contribution in [1.29, 1.82) is 0 Å². The molecule has 2 N–H and O–H groups in total. The Bertz CT molecular complexity index is 647. The number of ether oxygens (including phenoxy) is 1. The van der Waals surface area contributed by atoms with Crippen molar-refractivity contribution in [1.82, 2.24) is 4.57 Å². The predicted molar refractivity (Wildman–Crippen MR) is 75.4 cm³/mol. The van der Waals surface area contributed by atoms with Crippen molar-refractivity contribution in [2.45, 2.75) is 13.0 Å². The number of rotatable bonds is 3. The third kappa shape index (κ3) is 2.53. The van der Waals surface area contributed by atoms with Crippen LogP contribution in [0.15, 0.2) is 41.3 Å². The lowest BCUT2D eigenvalue weighted by Gasteiger charge is -2.16. The molecule has 0 aliphatic rings. The molecular weight excluding hydrogens is 240 g/mol. The fourth-order valence-electron chi connectivity index (χ4n) is 2.12. The van der Waals surface area contributed by atoms with E-state index in [1.54, 1.807) is 26.4 Å². The van der Waals surface area contributed by atoms with Gasteiger partial charge < -0.3 is 15.0 Å². The maximum Gasteiger partial charge on any atom is 0.255 e. The van der Waals surface area contributed by atoms with Crippen molar-refractivity contribution >= 4 is 0 Å². The molecule has 0 saturated heterocycles. The topological polar surface area (TPSA) is 57.2 Å². The van der Waals surface area contributed by atoms with Crippen LogP contribution in [0.1, 0.15) is 22.7 Å². The second kappa shape index (κ2) is 5.28. The van der Waals surface area contributed by atoms with Crippen LogP contribution in [-0.2, 0) is 7.05 Å². The van der Waals surface area contributed by atoms with E-state index in [2.05, 4.69) is 0 Å². The zero-order valence-electron chi connectivity index (χ0n) is 11.4. The average Bonchev–Trinajstić information content (AvgIpc) is 2.41. The summed E-state index contributed by atoms with van der Waals surface area (Å²) in [6.07, 6.45) is 1.71. The summed E-state index contributed by atoms with van der Waals surface area (Å²) in [6, 6.07) is 8.87. The normalized spacial score (nSPS) is 12.2. The maximum absolute atomic E-state index is 12.1. The van der Waals surface area contributed by atoms with Crippen molar-refractivity contribution < 1.29 is 4.74 Å². The predicted octanol–water partition coefficient (Wildman–Crippen LogP) is 1.75. The van der Waals surface area contributed by atoms with Gasteiger partial charge in [0, 0.05) is 24.4 Å². The van der Waals surface area contributed by atoms with Crippen LogP contribution in [0.2, 0.25) is 0 Å². The molecule has 100 valence electrons. The lowest BCUT2D eigenvalue weighted by Crippen LogP contribution is -2.26. The number of benzene rings is 1. The molecular formula is C15H18N2O2. The van der Waals surface area contributed by atoms with E-state index in [1.165, 1.54) is 4.57 Å². The van der Waals surface area contributed by atoms with Gasteiger partial charge in [-0.25, -0.2) is 0 Å². The molecule has 0 aliphatic carbocycles. The molecule has 0 radical (unpaired) electrons. The monoisotopic (exact) mass is 258 g/mol. The number of nitrogens with zero attached hydrogens (tertiary/aromatic N) is 1. The van der Waals surface area contributed by atoms with Crippen LogP contribution < -0.4 is 16.0 Å². The van der Waals surface area contributed by atoms with Crippen molar-refractivity contribution in [3.63, 3.8) is 0 Å². The summed E-state index contributed by atoms with van der Waals surface area (Å²) in [5.74, 6) is 0.698. The molecule has 1 atom stereocenters.